The van der Waals surface area contributed by atoms with Gasteiger partial charge in [0.15, 0.2) is 0 Å². The summed E-state index contributed by atoms with van der Waals surface area (Å²) >= 11 is 1.32. The number of nitrogens with zero attached hydrogens (tertiary/aromatic N) is 2. The molecule has 1 N–H and O–H groups in total. The summed E-state index contributed by atoms with van der Waals surface area (Å²) in [7, 11) is 0. The fraction of sp³-hybridized carbons (Fsp3) is 0.417. The first kappa shape index (κ1) is 13.5. The lowest BCUT2D eigenvalue weighted by Crippen LogP contribution is -1.99. The van der Waals surface area contributed by atoms with Crippen molar-refractivity contribution in [1.82, 2.24) is 4.98 Å². The Bertz CT molecular complexity index is 452. The second-order valence-corrected chi connectivity index (χ2v) is 4.93. The molecule has 1 rings (SSSR count). The van der Waals surface area contributed by atoms with Crippen LogP contribution in [0, 0.1) is 11.3 Å². The maximum atomic E-state index is 10.4. The van der Waals surface area contributed by atoms with Gasteiger partial charge in [0, 0.05) is 11.4 Å². The molecule has 17 heavy (non-hydrogen) atoms. The number of hydrogen-bond donors (Lipinski definition) is 1. The third kappa shape index (κ3) is 4.08. The van der Waals surface area contributed by atoms with Crippen molar-refractivity contribution in [2.75, 3.05) is 5.75 Å². The minimum absolute atomic E-state index is 0.0725. The van der Waals surface area contributed by atoms with E-state index in [0.717, 1.165) is 5.69 Å². The minimum atomic E-state index is -0.837. The molecule has 0 bridgehead atoms. The molecule has 1 aromatic heterocycles. The quantitative estimate of drug-likeness (QED) is 0.813. The highest BCUT2D eigenvalue weighted by atomic mass is 32.2. The molecule has 1 heterocycles. The summed E-state index contributed by atoms with van der Waals surface area (Å²) in [5.74, 6) is -0.115. The number of carboxylic acids is 1. The van der Waals surface area contributed by atoms with Gasteiger partial charge < -0.3 is 5.11 Å². The zero-order valence-electron chi connectivity index (χ0n) is 9.80. The molecule has 0 aliphatic carbocycles. The smallest absolute Gasteiger partial charge is 0.304 e. The first-order valence-corrected chi connectivity index (χ1v) is 6.28. The Morgan fingerprint density at radius 1 is 1.59 bits per heavy atom. The van der Waals surface area contributed by atoms with Gasteiger partial charge in [0.05, 0.1) is 12.0 Å². The van der Waals surface area contributed by atoms with Gasteiger partial charge in [-0.3, -0.25) is 4.79 Å². The summed E-state index contributed by atoms with van der Waals surface area (Å²) in [5, 5.41) is 18.1. The molecular formula is C12H14N2O2S. The minimum Gasteiger partial charge on any atom is -0.481 e. The number of hydrogen-bond acceptors (Lipinski definition) is 4. The van der Waals surface area contributed by atoms with Crippen molar-refractivity contribution in [3.63, 3.8) is 0 Å². The fourth-order valence-corrected chi connectivity index (χ4v) is 2.12. The summed E-state index contributed by atoms with van der Waals surface area (Å²) < 4.78 is 0. The molecule has 0 fully saturated rings. The molecule has 0 saturated heterocycles. The van der Waals surface area contributed by atoms with Gasteiger partial charge in [-0.15, -0.1) is 11.8 Å². The predicted octanol–water partition coefficient (Wildman–Crippen LogP) is 2.64. The molecule has 0 aromatic carbocycles. The first-order valence-electron chi connectivity index (χ1n) is 5.30. The van der Waals surface area contributed by atoms with E-state index in [1.54, 1.807) is 6.07 Å². The van der Waals surface area contributed by atoms with E-state index < -0.39 is 5.97 Å². The number of nitriles is 1. The Hall–Kier alpha value is -1.54. The standard InChI is InChI=1S/C12H14N2O2S/c1-8(2)10-4-3-9(7-13)12(14-10)17-6-5-11(15)16/h3-4,8H,5-6H2,1-2H3,(H,15,16). The molecule has 0 saturated carbocycles. The van der Waals surface area contributed by atoms with Crippen molar-refractivity contribution in [3.8, 4) is 6.07 Å². The van der Waals surface area contributed by atoms with E-state index in [2.05, 4.69) is 11.1 Å². The predicted molar refractivity (Wildman–Crippen MR) is 66.0 cm³/mol. The van der Waals surface area contributed by atoms with Crippen molar-refractivity contribution in [3.05, 3.63) is 23.4 Å². The lowest BCUT2D eigenvalue weighted by molar-refractivity contribution is -0.136. The van der Waals surface area contributed by atoms with Gasteiger partial charge in [-0.2, -0.15) is 5.26 Å². The zero-order valence-corrected chi connectivity index (χ0v) is 10.6. The molecule has 4 nitrogen and oxygen atoms in total. The van der Waals surface area contributed by atoms with Crippen LogP contribution in [0.3, 0.4) is 0 Å². The Kier molecular flexibility index (Phi) is 4.98. The molecule has 0 atom stereocenters. The van der Waals surface area contributed by atoms with Crippen molar-refractivity contribution in [2.24, 2.45) is 0 Å². The van der Waals surface area contributed by atoms with Crippen LogP contribution in [0.1, 0.15) is 37.4 Å². The van der Waals surface area contributed by atoms with Gasteiger partial charge >= 0.3 is 5.97 Å². The SMILES string of the molecule is CC(C)c1ccc(C#N)c(SCCC(=O)O)n1. The molecule has 5 heteroatoms. The van der Waals surface area contributed by atoms with Crippen LogP contribution < -0.4 is 0 Å². The summed E-state index contributed by atoms with van der Waals surface area (Å²) in [6, 6.07) is 5.65. The van der Waals surface area contributed by atoms with Gasteiger partial charge in [-0.25, -0.2) is 4.98 Å². The average molecular weight is 250 g/mol. The fourth-order valence-electron chi connectivity index (χ4n) is 1.21. The van der Waals surface area contributed by atoms with E-state index in [-0.39, 0.29) is 6.42 Å². The van der Waals surface area contributed by atoms with E-state index in [4.69, 9.17) is 10.4 Å². The van der Waals surface area contributed by atoms with Crippen molar-refractivity contribution in [2.45, 2.75) is 31.2 Å². The number of rotatable bonds is 5. The van der Waals surface area contributed by atoms with Crippen molar-refractivity contribution < 1.29 is 9.90 Å². The number of carbonyl (C=O) groups is 1. The highest BCUT2D eigenvalue weighted by Crippen LogP contribution is 2.23. The number of thioether (sulfide) groups is 1. The molecule has 0 aliphatic rings. The summed E-state index contributed by atoms with van der Waals surface area (Å²) in [6.07, 6.45) is 0.0725. The van der Waals surface area contributed by atoms with Gasteiger partial charge in [0.1, 0.15) is 11.1 Å². The van der Waals surface area contributed by atoms with Crippen LogP contribution in [0.4, 0.5) is 0 Å². The topological polar surface area (TPSA) is 74.0 Å². The third-order valence-corrected chi connectivity index (χ3v) is 3.14. The second kappa shape index (κ2) is 6.26. The monoisotopic (exact) mass is 250 g/mol. The first-order chi connectivity index (χ1) is 8.04. The van der Waals surface area contributed by atoms with Gasteiger partial charge in [-0.05, 0) is 18.1 Å². The Labute approximate surface area is 105 Å². The second-order valence-electron chi connectivity index (χ2n) is 3.85. The Balaban J connectivity index is 2.84. The number of carboxylic acid groups (broad SMARTS) is 1. The van der Waals surface area contributed by atoms with Crippen LogP contribution in [0.2, 0.25) is 0 Å². The molecule has 1 aromatic rings. The van der Waals surface area contributed by atoms with Crippen LogP contribution in [0.15, 0.2) is 17.2 Å². The van der Waals surface area contributed by atoms with Crippen LogP contribution in [-0.2, 0) is 4.79 Å². The van der Waals surface area contributed by atoms with E-state index in [1.807, 2.05) is 19.9 Å². The van der Waals surface area contributed by atoms with E-state index in [1.165, 1.54) is 11.8 Å². The highest BCUT2D eigenvalue weighted by molar-refractivity contribution is 7.99. The molecular weight excluding hydrogens is 236 g/mol. The number of pyridine rings is 1. The van der Waals surface area contributed by atoms with E-state index >= 15 is 0 Å². The molecule has 0 amide bonds. The summed E-state index contributed by atoms with van der Waals surface area (Å²) in [4.78, 5) is 14.8. The maximum Gasteiger partial charge on any atom is 0.304 e. The normalized spacial score (nSPS) is 10.2. The number of aliphatic carboxylic acids is 1. The lowest BCUT2D eigenvalue weighted by atomic mass is 10.1. The summed E-state index contributed by atoms with van der Waals surface area (Å²) in [5.41, 5.74) is 1.42. The van der Waals surface area contributed by atoms with Crippen LogP contribution in [-0.4, -0.2) is 21.8 Å². The Morgan fingerprint density at radius 2 is 2.29 bits per heavy atom. The van der Waals surface area contributed by atoms with Crippen LogP contribution in [0.5, 0.6) is 0 Å². The molecule has 0 spiro atoms. The van der Waals surface area contributed by atoms with Crippen LogP contribution >= 0.6 is 11.8 Å². The summed E-state index contributed by atoms with van der Waals surface area (Å²) in [6.45, 7) is 4.06. The molecule has 0 unspecified atom stereocenters. The van der Waals surface area contributed by atoms with Gasteiger partial charge in [0.25, 0.3) is 0 Å². The Morgan fingerprint density at radius 3 is 2.82 bits per heavy atom. The maximum absolute atomic E-state index is 10.4. The van der Waals surface area contributed by atoms with Crippen molar-refractivity contribution in [1.29, 1.82) is 5.26 Å². The lowest BCUT2D eigenvalue weighted by Gasteiger charge is -2.08. The van der Waals surface area contributed by atoms with E-state index in [0.29, 0.717) is 22.3 Å². The highest BCUT2D eigenvalue weighted by Gasteiger charge is 2.09. The van der Waals surface area contributed by atoms with Crippen LogP contribution in [0.25, 0.3) is 0 Å². The zero-order chi connectivity index (χ0) is 12.8. The molecule has 0 radical (unpaired) electrons. The van der Waals surface area contributed by atoms with Crippen molar-refractivity contribution >= 4 is 17.7 Å². The van der Waals surface area contributed by atoms with Gasteiger partial charge in [0.2, 0.25) is 0 Å². The molecule has 0 aliphatic heterocycles. The third-order valence-electron chi connectivity index (χ3n) is 2.15. The number of aromatic nitrogens is 1. The molecule has 90 valence electrons. The average Bonchev–Trinajstić information content (AvgIpc) is 2.28. The van der Waals surface area contributed by atoms with E-state index in [9.17, 15) is 4.79 Å². The van der Waals surface area contributed by atoms with Gasteiger partial charge in [-0.1, -0.05) is 13.8 Å². The largest absolute Gasteiger partial charge is 0.481 e.